The first-order valence-electron chi connectivity index (χ1n) is 5.18. The zero-order valence-electron chi connectivity index (χ0n) is 9.75. The summed E-state index contributed by atoms with van der Waals surface area (Å²) in [6, 6.07) is 1.43. The van der Waals surface area contributed by atoms with Crippen molar-refractivity contribution >= 4 is 29.3 Å². The monoisotopic (exact) mass is 282 g/mol. The van der Waals surface area contributed by atoms with Crippen molar-refractivity contribution in [2.24, 2.45) is 0 Å². The van der Waals surface area contributed by atoms with Gasteiger partial charge in [0.1, 0.15) is 5.82 Å². The Labute approximate surface area is 112 Å². The Kier molecular flexibility index (Phi) is 3.87. The van der Waals surface area contributed by atoms with Crippen molar-refractivity contribution in [2.75, 3.05) is 0 Å². The molecule has 0 radical (unpaired) electrons. The lowest BCUT2D eigenvalue weighted by molar-refractivity contribution is 0.0689. The van der Waals surface area contributed by atoms with Crippen LogP contribution < -0.4 is 0 Å². The molecule has 8 heteroatoms. The second-order valence-electron chi connectivity index (χ2n) is 3.41. The molecule has 2 aromatic rings. The molecule has 2 heterocycles. The lowest BCUT2D eigenvalue weighted by Crippen LogP contribution is -2.03. The van der Waals surface area contributed by atoms with Crippen LogP contribution in [0.1, 0.15) is 28.9 Å². The highest BCUT2D eigenvalue weighted by Crippen LogP contribution is 2.26. The highest BCUT2D eigenvalue weighted by atomic mass is 32.2. The minimum Gasteiger partial charge on any atom is -0.477 e. The number of aromatic carboxylic acids is 1. The van der Waals surface area contributed by atoms with Gasteiger partial charge in [0.15, 0.2) is 15.2 Å². The van der Waals surface area contributed by atoms with Crippen molar-refractivity contribution in [1.29, 1.82) is 0 Å². The van der Waals surface area contributed by atoms with Crippen LogP contribution in [0.15, 0.2) is 15.6 Å². The lowest BCUT2D eigenvalue weighted by atomic mass is 10.3. The van der Waals surface area contributed by atoms with Crippen LogP contribution in [0.5, 0.6) is 0 Å². The van der Waals surface area contributed by atoms with Crippen LogP contribution in [0.3, 0.4) is 0 Å². The molecule has 2 rings (SSSR count). The summed E-state index contributed by atoms with van der Waals surface area (Å²) in [5.41, 5.74) is 0.607. The number of aromatic nitrogens is 4. The predicted molar refractivity (Wildman–Crippen MR) is 67.1 cm³/mol. The number of carboxylic acid groups (broad SMARTS) is 1. The molecule has 0 aliphatic heterocycles. The normalized spacial score (nSPS) is 10.6. The maximum atomic E-state index is 10.9. The third-order valence-electron chi connectivity index (χ3n) is 2.00. The Hall–Kier alpha value is -1.54. The van der Waals surface area contributed by atoms with E-state index in [0.717, 1.165) is 12.2 Å². The number of hydrogen-bond donors (Lipinski definition) is 1. The first kappa shape index (κ1) is 12.9. The molecular formula is C10H10N4O2S2. The minimum atomic E-state index is -1.06. The third kappa shape index (κ3) is 3.02. The van der Waals surface area contributed by atoms with Crippen LogP contribution in [-0.4, -0.2) is 30.4 Å². The summed E-state index contributed by atoms with van der Waals surface area (Å²) < 4.78 is 4.87. The van der Waals surface area contributed by atoms with E-state index >= 15 is 0 Å². The third-order valence-corrected chi connectivity index (χ3v) is 3.65. The van der Waals surface area contributed by atoms with Gasteiger partial charge < -0.3 is 5.11 Å². The zero-order chi connectivity index (χ0) is 13.1. The molecular weight excluding hydrogens is 272 g/mol. The number of rotatable bonds is 4. The highest BCUT2D eigenvalue weighted by molar-refractivity contribution is 8.00. The summed E-state index contributed by atoms with van der Waals surface area (Å²) in [6.07, 6.45) is 0.770. The Morgan fingerprint density at radius 2 is 2.22 bits per heavy atom. The van der Waals surface area contributed by atoms with Crippen LogP contribution in [0.2, 0.25) is 0 Å². The number of carbonyl (C=O) groups is 1. The molecule has 0 unspecified atom stereocenters. The van der Waals surface area contributed by atoms with Crippen molar-refractivity contribution in [1.82, 2.24) is 19.3 Å². The van der Waals surface area contributed by atoms with Gasteiger partial charge in [-0.05, 0) is 36.3 Å². The number of carboxylic acids is 1. The molecule has 0 fully saturated rings. The standard InChI is InChI=1S/C10H10N4O2S2/c1-3-7-13-10(18-14-7)17-9-11-5(2)4-6(12-9)8(15)16/h4H,3H2,1-2H3,(H,15,16). The van der Waals surface area contributed by atoms with Gasteiger partial charge in [-0.1, -0.05) is 6.92 Å². The fourth-order valence-electron chi connectivity index (χ4n) is 1.20. The molecule has 0 bridgehead atoms. The lowest BCUT2D eigenvalue weighted by Gasteiger charge is -2.00. The van der Waals surface area contributed by atoms with Crippen LogP contribution >= 0.6 is 23.3 Å². The van der Waals surface area contributed by atoms with Gasteiger partial charge in [0.25, 0.3) is 0 Å². The van der Waals surface area contributed by atoms with Crippen molar-refractivity contribution in [3.05, 3.63) is 23.3 Å². The molecule has 1 N–H and O–H groups in total. The Morgan fingerprint density at radius 3 is 2.83 bits per heavy atom. The van der Waals surface area contributed by atoms with Crippen LogP contribution in [0.4, 0.5) is 0 Å². The molecule has 0 saturated heterocycles. The van der Waals surface area contributed by atoms with Gasteiger partial charge in [-0.3, -0.25) is 0 Å². The minimum absolute atomic E-state index is 0.00905. The molecule has 0 saturated carbocycles. The van der Waals surface area contributed by atoms with Gasteiger partial charge in [0.2, 0.25) is 0 Å². The van der Waals surface area contributed by atoms with Crippen molar-refractivity contribution in [3.63, 3.8) is 0 Å². The van der Waals surface area contributed by atoms with E-state index in [1.807, 2.05) is 6.92 Å². The summed E-state index contributed by atoms with van der Waals surface area (Å²) in [7, 11) is 0. The summed E-state index contributed by atoms with van der Waals surface area (Å²) in [4.78, 5) is 23.3. The number of hydrogen-bond acceptors (Lipinski definition) is 7. The van der Waals surface area contributed by atoms with Gasteiger partial charge in [-0.15, -0.1) is 0 Å². The van der Waals surface area contributed by atoms with E-state index in [9.17, 15) is 4.79 Å². The maximum absolute atomic E-state index is 10.9. The van der Waals surface area contributed by atoms with Gasteiger partial charge in [-0.25, -0.2) is 19.7 Å². The summed E-state index contributed by atoms with van der Waals surface area (Å²) >= 11 is 2.49. The van der Waals surface area contributed by atoms with E-state index < -0.39 is 5.97 Å². The maximum Gasteiger partial charge on any atom is 0.354 e. The first-order chi connectivity index (χ1) is 8.58. The fraction of sp³-hybridized carbons (Fsp3) is 0.300. The highest BCUT2D eigenvalue weighted by Gasteiger charge is 2.12. The molecule has 18 heavy (non-hydrogen) atoms. The van der Waals surface area contributed by atoms with Crippen molar-refractivity contribution in [3.8, 4) is 0 Å². The van der Waals surface area contributed by atoms with E-state index in [0.29, 0.717) is 15.2 Å². The quantitative estimate of drug-likeness (QED) is 0.858. The average Bonchev–Trinajstić information content (AvgIpc) is 2.76. The van der Waals surface area contributed by atoms with Gasteiger partial charge in [0.05, 0.1) is 0 Å². The summed E-state index contributed by atoms with van der Waals surface area (Å²) in [5, 5.41) is 9.30. The van der Waals surface area contributed by atoms with E-state index in [2.05, 4.69) is 19.3 Å². The molecule has 0 spiro atoms. The van der Waals surface area contributed by atoms with Crippen LogP contribution in [0, 0.1) is 6.92 Å². The van der Waals surface area contributed by atoms with Gasteiger partial charge in [-0.2, -0.15) is 4.37 Å². The van der Waals surface area contributed by atoms with E-state index in [4.69, 9.17) is 5.11 Å². The second kappa shape index (κ2) is 5.40. The van der Waals surface area contributed by atoms with Crippen LogP contribution in [-0.2, 0) is 6.42 Å². The molecule has 0 amide bonds. The van der Waals surface area contributed by atoms with E-state index in [-0.39, 0.29) is 5.69 Å². The van der Waals surface area contributed by atoms with Gasteiger partial charge in [0, 0.05) is 12.1 Å². The largest absolute Gasteiger partial charge is 0.477 e. The summed E-state index contributed by atoms with van der Waals surface area (Å²) in [6.45, 7) is 3.71. The molecule has 0 aromatic carbocycles. The van der Waals surface area contributed by atoms with Crippen LogP contribution in [0.25, 0.3) is 0 Å². The Balaban J connectivity index is 2.25. The molecule has 0 atom stereocenters. The van der Waals surface area contributed by atoms with Crippen molar-refractivity contribution in [2.45, 2.75) is 29.8 Å². The molecule has 0 aliphatic carbocycles. The fourth-order valence-corrected chi connectivity index (χ4v) is 2.82. The smallest absolute Gasteiger partial charge is 0.354 e. The summed E-state index contributed by atoms with van der Waals surface area (Å²) in [5.74, 6) is -0.289. The average molecular weight is 282 g/mol. The van der Waals surface area contributed by atoms with Crippen molar-refractivity contribution < 1.29 is 9.90 Å². The first-order valence-corrected chi connectivity index (χ1v) is 6.77. The molecule has 2 aromatic heterocycles. The van der Waals surface area contributed by atoms with E-state index in [1.165, 1.54) is 29.4 Å². The Morgan fingerprint density at radius 1 is 1.44 bits per heavy atom. The topological polar surface area (TPSA) is 88.9 Å². The predicted octanol–water partition coefficient (Wildman–Crippen LogP) is 2.05. The van der Waals surface area contributed by atoms with E-state index in [1.54, 1.807) is 6.92 Å². The Bertz CT molecular complexity index is 585. The number of nitrogens with zero attached hydrogens (tertiary/aromatic N) is 4. The van der Waals surface area contributed by atoms with Gasteiger partial charge >= 0.3 is 5.97 Å². The molecule has 94 valence electrons. The molecule has 0 aliphatic rings. The number of aryl methyl sites for hydroxylation is 2. The zero-order valence-corrected chi connectivity index (χ0v) is 11.4. The second-order valence-corrected chi connectivity index (χ2v) is 5.38. The SMILES string of the molecule is CCc1nsc(Sc2nc(C)cc(C(=O)O)n2)n1. The molecule has 6 nitrogen and oxygen atoms in total.